The van der Waals surface area contributed by atoms with Gasteiger partial charge in [-0.2, -0.15) is 5.26 Å². The highest BCUT2D eigenvalue weighted by molar-refractivity contribution is 6.01. The van der Waals surface area contributed by atoms with Crippen molar-refractivity contribution < 1.29 is 9.53 Å². The Kier molecular flexibility index (Phi) is 5.89. The van der Waals surface area contributed by atoms with Crippen LogP contribution in [0.25, 0.3) is 6.08 Å². The van der Waals surface area contributed by atoms with Crippen molar-refractivity contribution in [2.45, 2.75) is 13.5 Å². The molecule has 0 bridgehead atoms. The molecule has 0 aliphatic rings. The second-order valence-electron chi connectivity index (χ2n) is 4.72. The molecular formula is C18H17N3O2. The summed E-state index contributed by atoms with van der Waals surface area (Å²) in [6.07, 6.45) is 4.87. The maximum atomic E-state index is 12.1. The molecule has 1 aromatic carbocycles. The fourth-order valence-electron chi connectivity index (χ4n) is 1.96. The van der Waals surface area contributed by atoms with Crippen LogP contribution >= 0.6 is 0 Å². The van der Waals surface area contributed by atoms with Crippen LogP contribution in [0.1, 0.15) is 18.1 Å². The number of aromatic nitrogens is 1. The molecule has 2 aromatic rings. The Hall–Kier alpha value is -3.13. The summed E-state index contributed by atoms with van der Waals surface area (Å²) in [4.78, 5) is 16.1. The SMILES string of the molecule is CCOc1cccc(/C=C(\C#N)C(=O)NCc2cccnc2)c1. The predicted octanol–water partition coefficient (Wildman–Crippen LogP) is 2.70. The van der Waals surface area contributed by atoms with E-state index in [1.54, 1.807) is 30.6 Å². The summed E-state index contributed by atoms with van der Waals surface area (Å²) in [5, 5.41) is 11.9. The molecule has 23 heavy (non-hydrogen) atoms. The molecule has 0 unspecified atom stereocenters. The van der Waals surface area contributed by atoms with Crippen LogP contribution in [0.3, 0.4) is 0 Å². The molecule has 0 atom stereocenters. The van der Waals surface area contributed by atoms with Crippen molar-refractivity contribution in [2.24, 2.45) is 0 Å². The second kappa shape index (κ2) is 8.35. The van der Waals surface area contributed by atoms with E-state index in [2.05, 4.69) is 10.3 Å². The monoisotopic (exact) mass is 307 g/mol. The van der Waals surface area contributed by atoms with Gasteiger partial charge in [0.1, 0.15) is 17.4 Å². The van der Waals surface area contributed by atoms with Gasteiger partial charge in [0.15, 0.2) is 0 Å². The molecule has 1 N–H and O–H groups in total. The number of ether oxygens (including phenoxy) is 1. The molecule has 2 rings (SSSR count). The van der Waals surface area contributed by atoms with Crippen molar-refractivity contribution in [2.75, 3.05) is 6.61 Å². The van der Waals surface area contributed by atoms with Gasteiger partial charge in [-0.1, -0.05) is 18.2 Å². The minimum absolute atomic E-state index is 0.0440. The highest BCUT2D eigenvalue weighted by atomic mass is 16.5. The van der Waals surface area contributed by atoms with Gasteiger partial charge in [-0.15, -0.1) is 0 Å². The molecule has 0 saturated heterocycles. The van der Waals surface area contributed by atoms with Crippen LogP contribution in [0.4, 0.5) is 0 Å². The zero-order valence-electron chi connectivity index (χ0n) is 12.8. The van der Waals surface area contributed by atoms with Crippen LogP contribution in [0, 0.1) is 11.3 Å². The van der Waals surface area contributed by atoms with Gasteiger partial charge >= 0.3 is 0 Å². The van der Waals surface area contributed by atoms with Gasteiger partial charge in [0.05, 0.1) is 6.61 Å². The molecule has 0 radical (unpaired) electrons. The summed E-state index contributed by atoms with van der Waals surface area (Å²) in [5.74, 6) is 0.285. The molecule has 0 aliphatic heterocycles. The Morgan fingerprint density at radius 3 is 2.96 bits per heavy atom. The van der Waals surface area contributed by atoms with Crippen LogP contribution in [-0.4, -0.2) is 17.5 Å². The lowest BCUT2D eigenvalue weighted by Crippen LogP contribution is -2.24. The molecule has 0 saturated carbocycles. The third-order valence-corrected chi connectivity index (χ3v) is 3.02. The summed E-state index contributed by atoms with van der Waals surface area (Å²) in [6, 6.07) is 12.8. The Morgan fingerprint density at radius 1 is 1.39 bits per heavy atom. The fraction of sp³-hybridized carbons (Fsp3) is 0.167. The number of rotatable bonds is 6. The summed E-state index contributed by atoms with van der Waals surface area (Å²) in [6.45, 7) is 2.78. The number of nitrogens with zero attached hydrogens (tertiary/aromatic N) is 2. The van der Waals surface area contributed by atoms with Gasteiger partial charge in [0.25, 0.3) is 5.91 Å². The molecule has 5 heteroatoms. The standard InChI is InChI=1S/C18H17N3O2/c1-2-23-17-7-3-5-14(10-17)9-16(11-19)18(22)21-13-15-6-4-8-20-12-15/h3-10,12H,2,13H2,1H3,(H,21,22)/b16-9+. The van der Waals surface area contributed by atoms with E-state index in [0.717, 1.165) is 11.1 Å². The molecule has 1 heterocycles. The first kappa shape index (κ1) is 16.2. The number of hydrogen-bond acceptors (Lipinski definition) is 4. The Morgan fingerprint density at radius 2 is 2.26 bits per heavy atom. The molecule has 0 spiro atoms. The van der Waals surface area contributed by atoms with Gasteiger partial charge in [-0.05, 0) is 42.3 Å². The molecule has 1 amide bonds. The molecule has 116 valence electrons. The van der Waals surface area contributed by atoms with Gasteiger partial charge < -0.3 is 10.1 Å². The minimum atomic E-state index is -0.418. The average Bonchev–Trinajstić information content (AvgIpc) is 2.59. The molecule has 1 aromatic heterocycles. The minimum Gasteiger partial charge on any atom is -0.494 e. The van der Waals surface area contributed by atoms with Gasteiger partial charge in [-0.3, -0.25) is 9.78 Å². The summed E-state index contributed by atoms with van der Waals surface area (Å²) in [7, 11) is 0. The first-order valence-electron chi connectivity index (χ1n) is 7.24. The van der Waals surface area contributed by atoms with Crippen molar-refractivity contribution >= 4 is 12.0 Å². The highest BCUT2D eigenvalue weighted by Gasteiger charge is 2.09. The van der Waals surface area contributed by atoms with E-state index < -0.39 is 5.91 Å². The largest absolute Gasteiger partial charge is 0.494 e. The topological polar surface area (TPSA) is 75.0 Å². The lowest BCUT2D eigenvalue weighted by molar-refractivity contribution is -0.117. The smallest absolute Gasteiger partial charge is 0.262 e. The third kappa shape index (κ3) is 4.97. The van der Waals surface area contributed by atoms with E-state index in [1.807, 2.05) is 37.3 Å². The van der Waals surface area contributed by atoms with Gasteiger partial charge in [0, 0.05) is 18.9 Å². The lowest BCUT2D eigenvalue weighted by Gasteiger charge is -2.05. The fourth-order valence-corrected chi connectivity index (χ4v) is 1.96. The van der Waals surface area contributed by atoms with E-state index in [1.165, 1.54) is 0 Å². The van der Waals surface area contributed by atoms with Crippen LogP contribution in [0.15, 0.2) is 54.4 Å². The van der Waals surface area contributed by atoms with Crippen LogP contribution in [0.2, 0.25) is 0 Å². The maximum absolute atomic E-state index is 12.1. The zero-order chi connectivity index (χ0) is 16.5. The van der Waals surface area contributed by atoms with E-state index >= 15 is 0 Å². The first-order chi connectivity index (χ1) is 11.2. The number of carbonyl (C=O) groups excluding carboxylic acids is 1. The average molecular weight is 307 g/mol. The number of benzene rings is 1. The molecule has 0 fully saturated rings. The van der Waals surface area contributed by atoms with E-state index in [-0.39, 0.29) is 5.57 Å². The summed E-state index contributed by atoms with van der Waals surface area (Å²) >= 11 is 0. The lowest BCUT2D eigenvalue weighted by atomic mass is 10.1. The summed E-state index contributed by atoms with van der Waals surface area (Å²) in [5.41, 5.74) is 1.66. The number of pyridine rings is 1. The normalized spacial score (nSPS) is 10.7. The number of amides is 1. The number of hydrogen-bond donors (Lipinski definition) is 1. The van der Waals surface area contributed by atoms with Gasteiger partial charge in [0.2, 0.25) is 0 Å². The second-order valence-corrected chi connectivity index (χ2v) is 4.72. The van der Waals surface area contributed by atoms with Crippen molar-refractivity contribution in [3.63, 3.8) is 0 Å². The van der Waals surface area contributed by atoms with Crippen molar-refractivity contribution in [3.8, 4) is 11.8 Å². The van der Waals surface area contributed by atoms with Crippen molar-refractivity contribution in [1.29, 1.82) is 5.26 Å². The van der Waals surface area contributed by atoms with E-state index in [4.69, 9.17) is 4.74 Å². The summed E-state index contributed by atoms with van der Waals surface area (Å²) < 4.78 is 5.41. The number of carbonyl (C=O) groups is 1. The van der Waals surface area contributed by atoms with E-state index in [9.17, 15) is 10.1 Å². The van der Waals surface area contributed by atoms with Crippen LogP contribution in [0.5, 0.6) is 5.75 Å². The quantitative estimate of drug-likeness (QED) is 0.657. The van der Waals surface area contributed by atoms with Crippen LogP contribution in [-0.2, 0) is 11.3 Å². The van der Waals surface area contributed by atoms with Crippen molar-refractivity contribution in [3.05, 3.63) is 65.5 Å². The Labute approximate surface area is 135 Å². The predicted molar refractivity (Wildman–Crippen MR) is 87.3 cm³/mol. The highest BCUT2D eigenvalue weighted by Crippen LogP contribution is 2.16. The zero-order valence-corrected chi connectivity index (χ0v) is 12.8. The number of nitriles is 1. The number of nitrogens with one attached hydrogen (secondary N) is 1. The third-order valence-electron chi connectivity index (χ3n) is 3.02. The van der Waals surface area contributed by atoms with E-state index in [0.29, 0.717) is 18.9 Å². The molecule has 0 aliphatic carbocycles. The Balaban J connectivity index is 2.07. The molecular weight excluding hydrogens is 290 g/mol. The van der Waals surface area contributed by atoms with Gasteiger partial charge in [-0.25, -0.2) is 0 Å². The first-order valence-corrected chi connectivity index (χ1v) is 7.24. The Bertz CT molecular complexity index is 733. The van der Waals surface area contributed by atoms with Crippen molar-refractivity contribution in [1.82, 2.24) is 10.3 Å². The molecule has 5 nitrogen and oxygen atoms in total. The van der Waals surface area contributed by atoms with Crippen LogP contribution < -0.4 is 10.1 Å². The maximum Gasteiger partial charge on any atom is 0.262 e.